The molecular formula is C16H20N2OS2. The molecule has 3 nitrogen and oxygen atoms in total. The van der Waals surface area contributed by atoms with Gasteiger partial charge in [-0.05, 0) is 23.8 Å². The summed E-state index contributed by atoms with van der Waals surface area (Å²) < 4.78 is 0. The van der Waals surface area contributed by atoms with Crippen molar-refractivity contribution in [2.75, 3.05) is 11.6 Å². The quantitative estimate of drug-likeness (QED) is 0.814. The molecular weight excluding hydrogens is 300 g/mol. The smallest absolute Gasteiger partial charge is 0.226 e. The fourth-order valence-electron chi connectivity index (χ4n) is 1.87. The highest BCUT2D eigenvalue weighted by atomic mass is 32.2. The van der Waals surface area contributed by atoms with Gasteiger partial charge in [-0.1, -0.05) is 32.9 Å². The molecule has 0 atom stereocenters. The van der Waals surface area contributed by atoms with Gasteiger partial charge in [0, 0.05) is 22.3 Å². The van der Waals surface area contributed by atoms with Gasteiger partial charge in [0.05, 0.1) is 5.69 Å². The molecule has 0 saturated carbocycles. The Balaban J connectivity index is 2.05. The van der Waals surface area contributed by atoms with Crippen LogP contribution in [0.3, 0.4) is 0 Å². The molecule has 5 heteroatoms. The van der Waals surface area contributed by atoms with Crippen LogP contribution in [0, 0.1) is 5.41 Å². The first kappa shape index (κ1) is 16.0. The topological polar surface area (TPSA) is 42.0 Å². The number of benzene rings is 1. The van der Waals surface area contributed by atoms with Crippen molar-refractivity contribution in [3.8, 4) is 11.3 Å². The maximum Gasteiger partial charge on any atom is 0.226 e. The Labute approximate surface area is 134 Å². The number of hydrogen-bond donors (Lipinski definition) is 1. The summed E-state index contributed by atoms with van der Waals surface area (Å²) in [5.41, 5.74) is 1.96. The summed E-state index contributed by atoms with van der Waals surface area (Å²) in [5.74, 6) is 0.0149. The summed E-state index contributed by atoms with van der Waals surface area (Å²) in [6, 6.07) is 8.28. The minimum absolute atomic E-state index is 0.0149. The molecule has 1 amide bonds. The average molecular weight is 320 g/mol. The molecule has 1 aromatic carbocycles. The van der Waals surface area contributed by atoms with Crippen LogP contribution >= 0.6 is 23.1 Å². The first-order valence-corrected chi connectivity index (χ1v) is 8.88. The highest BCUT2D eigenvalue weighted by Gasteiger charge is 2.17. The largest absolute Gasteiger partial charge is 0.302 e. The Hall–Kier alpha value is -1.33. The molecule has 0 radical (unpaired) electrons. The molecule has 1 N–H and O–H groups in total. The van der Waals surface area contributed by atoms with Gasteiger partial charge in [-0.2, -0.15) is 0 Å². The Kier molecular flexibility index (Phi) is 5.06. The van der Waals surface area contributed by atoms with Crippen LogP contribution in [0.5, 0.6) is 0 Å². The van der Waals surface area contributed by atoms with E-state index < -0.39 is 0 Å². The van der Waals surface area contributed by atoms with E-state index in [-0.39, 0.29) is 11.3 Å². The van der Waals surface area contributed by atoms with E-state index in [4.69, 9.17) is 0 Å². The SMILES string of the molecule is CSc1ccc(-c2csc(NC(=O)CC(C)(C)C)n2)cc1. The highest BCUT2D eigenvalue weighted by molar-refractivity contribution is 7.98. The summed E-state index contributed by atoms with van der Waals surface area (Å²) in [4.78, 5) is 17.6. The lowest BCUT2D eigenvalue weighted by atomic mass is 9.92. The van der Waals surface area contributed by atoms with Crippen molar-refractivity contribution in [3.05, 3.63) is 29.6 Å². The van der Waals surface area contributed by atoms with Crippen molar-refractivity contribution in [1.29, 1.82) is 0 Å². The number of hydrogen-bond acceptors (Lipinski definition) is 4. The Morgan fingerprint density at radius 2 is 1.95 bits per heavy atom. The second-order valence-corrected chi connectivity index (χ2v) is 7.79. The third-order valence-electron chi connectivity index (χ3n) is 2.83. The van der Waals surface area contributed by atoms with E-state index in [2.05, 4.69) is 40.8 Å². The van der Waals surface area contributed by atoms with E-state index in [1.807, 2.05) is 26.2 Å². The Morgan fingerprint density at radius 3 is 2.52 bits per heavy atom. The zero-order chi connectivity index (χ0) is 15.5. The normalized spacial score (nSPS) is 11.4. The van der Waals surface area contributed by atoms with Crippen molar-refractivity contribution in [3.63, 3.8) is 0 Å². The molecule has 0 spiro atoms. The number of thiazole rings is 1. The van der Waals surface area contributed by atoms with Gasteiger partial charge in [0.1, 0.15) is 0 Å². The minimum atomic E-state index is -0.0160. The number of thioether (sulfide) groups is 1. The number of anilines is 1. The molecule has 21 heavy (non-hydrogen) atoms. The molecule has 0 unspecified atom stereocenters. The molecule has 0 bridgehead atoms. The van der Waals surface area contributed by atoms with E-state index in [1.54, 1.807) is 11.8 Å². The predicted molar refractivity (Wildman–Crippen MR) is 92.0 cm³/mol. The first-order chi connectivity index (χ1) is 9.87. The van der Waals surface area contributed by atoms with Crippen LogP contribution in [0.15, 0.2) is 34.5 Å². The molecule has 112 valence electrons. The number of rotatable bonds is 4. The molecule has 2 rings (SSSR count). The van der Waals surface area contributed by atoms with Crippen molar-refractivity contribution in [1.82, 2.24) is 4.98 Å². The number of nitrogens with zero attached hydrogens (tertiary/aromatic N) is 1. The van der Waals surface area contributed by atoms with Crippen LogP contribution in [0.2, 0.25) is 0 Å². The molecule has 2 aromatic rings. The summed E-state index contributed by atoms with van der Waals surface area (Å²) in [5, 5.41) is 5.51. The molecule has 0 aliphatic carbocycles. The van der Waals surface area contributed by atoms with Crippen molar-refractivity contribution in [2.45, 2.75) is 32.1 Å². The van der Waals surface area contributed by atoms with Crippen molar-refractivity contribution >= 4 is 34.1 Å². The van der Waals surface area contributed by atoms with Gasteiger partial charge in [-0.3, -0.25) is 4.79 Å². The van der Waals surface area contributed by atoms with E-state index in [9.17, 15) is 4.79 Å². The fourth-order valence-corrected chi connectivity index (χ4v) is 3.01. The molecule has 0 fully saturated rings. The fraction of sp³-hybridized carbons (Fsp3) is 0.375. The van der Waals surface area contributed by atoms with Gasteiger partial charge in [-0.25, -0.2) is 4.98 Å². The van der Waals surface area contributed by atoms with Gasteiger partial charge in [0.2, 0.25) is 5.91 Å². The number of carbonyl (C=O) groups is 1. The highest BCUT2D eigenvalue weighted by Crippen LogP contribution is 2.27. The minimum Gasteiger partial charge on any atom is -0.302 e. The van der Waals surface area contributed by atoms with Gasteiger partial charge >= 0.3 is 0 Å². The van der Waals surface area contributed by atoms with E-state index >= 15 is 0 Å². The van der Waals surface area contributed by atoms with Gasteiger partial charge in [-0.15, -0.1) is 23.1 Å². The monoisotopic (exact) mass is 320 g/mol. The van der Waals surface area contributed by atoms with Crippen molar-refractivity contribution in [2.24, 2.45) is 5.41 Å². The van der Waals surface area contributed by atoms with Crippen molar-refractivity contribution < 1.29 is 4.79 Å². The Morgan fingerprint density at radius 1 is 1.29 bits per heavy atom. The third-order valence-corrected chi connectivity index (χ3v) is 4.33. The second-order valence-electron chi connectivity index (χ2n) is 6.05. The summed E-state index contributed by atoms with van der Waals surface area (Å²) in [6.45, 7) is 6.15. The number of nitrogens with one attached hydrogen (secondary N) is 1. The van der Waals surface area contributed by atoms with Crippen LogP contribution in [0.1, 0.15) is 27.2 Å². The van der Waals surface area contributed by atoms with E-state index in [0.29, 0.717) is 11.6 Å². The summed E-state index contributed by atoms with van der Waals surface area (Å²) in [6.07, 6.45) is 2.55. The van der Waals surface area contributed by atoms with Gasteiger partial charge in [0.25, 0.3) is 0 Å². The van der Waals surface area contributed by atoms with Gasteiger partial charge in [0.15, 0.2) is 5.13 Å². The number of aromatic nitrogens is 1. The van der Waals surface area contributed by atoms with Crippen LogP contribution < -0.4 is 5.32 Å². The lowest BCUT2D eigenvalue weighted by molar-refractivity contribution is -0.117. The lowest BCUT2D eigenvalue weighted by Gasteiger charge is -2.16. The summed E-state index contributed by atoms with van der Waals surface area (Å²) in [7, 11) is 0. The van der Waals surface area contributed by atoms with Crippen LogP contribution in [0.4, 0.5) is 5.13 Å². The zero-order valence-corrected chi connectivity index (χ0v) is 14.4. The zero-order valence-electron chi connectivity index (χ0n) is 12.8. The third kappa shape index (κ3) is 4.86. The molecule has 1 heterocycles. The molecule has 1 aromatic heterocycles. The lowest BCUT2D eigenvalue weighted by Crippen LogP contribution is -2.19. The van der Waals surface area contributed by atoms with Crippen LogP contribution in [-0.4, -0.2) is 17.1 Å². The summed E-state index contributed by atoms with van der Waals surface area (Å²) >= 11 is 3.18. The first-order valence-electron chi connectivity index (χ1n) is 6.77. The number of amides is 1. The molecule has 0 aliphatic rings. The van der Waals surface area contributed by atoms with E-state index in [0.717, 1.165) is 11.3 Å². The number of carbonyl (C=O) groups excluding carboxylic acids is 1. The standard InChI is InChI=1S/C16H20N2OS2/c1-16(2,3)9-14(19)18-15-17-13(10-21-15)11-5-7-12(20-4)8-6-11/h5-8,10H,9H2,1-4H3,(H,17,18,19). The maximum atomic E-state index is 11.9. The Bertz CT molecular complexity index is 612. The predicted octanol–water partition coefficient (Wildman–Crippen LogP) is 4.91. The molecule has 0 saturated heterocycles. The molecule has 0 aliphatic heterocycles. The maximum absolute atomic E-state index is 11.9. The van der Waals surface area contributed by atoms with Gasteiger partial charge < -0.3 is 5.32 Å². The van der Waals surface area contributed by atoms with Crippen LogP contribution in [-0.2, 0) is 4.79 Å². The van der Waals surface area contributed by atoms with Crippen LogP contribution in [0.25, 0.3) is 11.3 Å². The van der Waals surface area contributed by atoms with E-state index in [1.165, 1.54) is 16.2 Å². The average Bonchev–Trinajstić information content (AvgIpc) is 2.85. The second kappa shape index (κ2) is 6.62.